The lowest BCUT2D eigenvalue weighted by Crippen LogP contribution is -2.37. The number of para-hydroxylation sites is 1. The third-order valence-corrected chi connectivity index (χ3v) is 5.67. The van der Waals surface area contributed by atoms with Gasteiger partial charge >= 0.3 is 0 Å². The number of amides is 1. The van der Waals surface area contributed by atoms with Gasteiger partial charge in [0.2, 0.25) is 0 Å². The van der Waals surface area contributed by atoms with Crippen molar-refractivity contribution in [1.82, 2.24) is 4.98 Å². The van der Waals surface area contributed by atoms with Gasteiger partial charge in [0.1, 0.15) is 17.1 Å². The van der Waals surface area contributed by atoms with Crippen molar-refractivity contribution in [3.63, 3.8) is 0 Å². The molecule has 5 nitrogen and oxygen atoms in total. The molecule has 2 aromatic carbocycles. The van der Waals surface area contributed by atoms with E-state index in [1.165, 1.54) is 23.5 Å². The first-order valence-corrected chi connectivity index (χ1v) is 10.2. The van der Waals surface area contributed by atoms with Gasteiger partial charge in [-0.15, -0.1) is 0 Å². The van der Waals surface area contributed by atoms with E-state index in [0.29, 0.717) is 36.2 Å². The molecular formula is C21H21FN2O3S. The molecule has 3 aromatic rings. The maximum absolute atomic E-state index is 13.7. The minimum atomic E-state index is -0.439. The molecule has 28 heavy (non-hydrogen) atoms. The van der Waals surface area contributed by atoms with E-state index < -0.39 is 5.82 Å². The highest BCUT2D eigenvalue weighted by Gasteiger charge is 2.27. The molecule has 1 aromatic heterocycles. The van der Waals surface area contributed by atoms with Crippen molar-refractivity contribution in [2.24, 2.45) is 0 Å². The molecule has 4 rings (SSSR count). The molecular weight excluding hydrogens is 379 g/mol. The number of fused-ring (bicyclic) bond motifs is 1. The Kier molecular flexibility index (Phi) is 5.54. The quantitative estimate of drug-likeness (QED) is 0.604. The number of hydrogen-bond donors (Lipinski definition) is 0. The number of halogens is 1. The van der Waals surface area contributed by atoms with Crippen LogP contribution in [-0.4, -0.2) is 36.8 Å². The van der Waals surface area contributed by atoms with Crippen LogP contribution in [0.3, 0.4) is 0 Å². The van der Waals surface area contributed by atoms with E-state index in [2.05, 4.69) is 0 Å². The van der Waals surface area contributed by atoms with Crippen LogP contribution in [0.4, 0.5) is 9.52 Å². The summed E-state index contributed by atoms with van der Waals surface area (Å²) in [6.07, 6.45) is 1.82. The van der Waals surface area contributed by atoms with Crippen molar-refractivity contribution < 1.29 is 18.7 Å². The number of carbonyl (C=O) groups is 1. The first kappa shape index (κ1) is 18.8. The number of carbonyl (C=O) groups excluding carboxylic acids is 1. The van der Waals surface area contributed by atoms with Crippen molar-refractivity contribution in [2.75, 3.05) is 24.7 Å². The van der Waals surface area contributed by atoms with E-state index in [4.69, 9.17) is 14.5 Å². The van der Waals surface area contributed by atoms with Crippen LogP contribution in [0.5, 0.6) is 5.75 Å². The van der Waals surface area contributed by atoms with Crippen molar-refractivity contribution >= 4 is 32.6 Å². The van der Waals surface area contributed by atoms with E-state index >= 15 is 0 Å². The van der Waals surface area contributed by atoms with Gasteiger partial charge in [0.05, 0.1) is 24.0 Å². The van der Waals surface area contributed by atoms with Gasteiger partial charge in [0.25, 0.3) is 5.91 Å². The van der Waals surface area contributed by atoms with Crippen LogP contribution in [0.25, 0.3) is 10.2 Å². The summed E-state index contributed by atoms with van der Waals surface area (Å²) in [5, 5.41) is 0.562. The molecule has 0 N–H and O–H groups in total. The second kappa shape index (κ2) is 8.24. The van der Waals surface area contributed by atoms with Gasteiger partial charge in [-0.2, -0.15) is 0 Å². The highest BCUT2D eigenvalue weighted by atomic mass is 32.1. The second-order valence-corrected chi connectivity index (χ2v) is 7.60. The molecule has 1 unspecified atom stereocenters. The predicted octanol–water partition coefficient (Wildman–Crippen LogP) is 4.66. The Morgan fingerprint density at radius 3 is 2.96 bits per heavy atom. The largest absolute Gasteiger partial charge is 0.492 e. The average molecular weight is 400 g/mol. The number of hydrogen-bond acceptors (Lipinski definition) is 5. The summed E-state index contributed by atoms with van der Waals surface area (Å²) < 4.78 is 26.0. The highest BCUT2D eigenvalue weighted by Crippen LogP contribution is 2.35. The molecule has 0 spiro atoms. The molecule has 0 radical (unpaired) electrons. The average Bonchev–Trinajstić information content (AvgIpc) is 3.36. The molecule has 1 atom stereocenters. The molecule has 1 amide bonds. The minimum Gasteiger partial charge on any atom is -0.492 e. The normalized spacial score (nSPS) is 16.4. The lowest BCUT2D eigenvalue weighted by Gasteiger charge is -2.23. The Balaban J connectivity index is 1.73. The fraction of sp³-hybridized carbons (Fsp3) is 0.333. The number of anilines is 1. The molecule has 1 aliphatic heterocycles. The van der Waals surface area contributed by atoms with E-state index in [1.807, 2.05) is 25.1 Å². The Hall–Kier alpha value is -2.51. The third-order valence-electron chi connectivity index (χ3n) is 4.63. The van der Waals surface area contributed by atoms with Crippen LogP contribution in [0, 0.1) is 5.82 Å². The monoisotopic (exact) mass is 400 g/mol. The van der Waals surface area contributed by atoms with Gasteiger partial charge in [-0.1, -0.05) is 23.5 Å². The number of ether oxygens (including phenoxy) is 2. The Morgan fingerprint density at radius 1 is 1.36 bits per heavy atom. The summed E-state index contributed by atoms with van der Waals surface area (Å²) in [6, 6.07) is 11.5. The van der Waals surface area contributed by atoms with Crippen molar-refractivity contribution in [3.05, 3.63) is 53.8 Å². The minimum absolute atomic E-state index is 0.0455. The zero-order valence-electron chi connectivity index (χ0n) is 15.6. The number of rotatable bonds is 6. The number of aromatic nitrogens is 1. The smallest absolute Gasteiger partial charge is 0.260 e. The molecule has 2 heterocycles. The van der Waals surface area contributed by atoms with E-state index in [1.54, 1.807) is 17.0 Å². The lowest BCUT2D eigenvalue weighted by atomic mass is 10.1. The Morgan fingerprint density at radius 2 is 2.21 bits per heavy atom. The van der Waals surface area contributed by atoms with Crippen LogP contribution in [0.15, 0.2) is 42.5 Å². The molecule has 1 aliphatic rings. The van der Waals surface area contributed by atoms with Crippen molar-refractivity contribution in [1.29, 1.82) is 0 Å². The van der Waals surface area contributed by atoms with Crippen LogP contribution in [-0.2, 0) is 4.74 Å². The molecule has 1 saturated heterocycles. The van der Waals surface area contributed by atoms with Crippen LogP contribution in [0.2, 0.25) is 0 Å². The summed E-state index contributed by atoms with van der Waals surface area (Å²) >= 11 is 1.42. The number of thiazole rings is 1. The van der Waals surface area contributed by atoms with Gasteiger partial charge in [-0.25, -0.2) is 9.37 Å². The van der Waals surface area contributed by atoms with Gasteiger partial charge in [-0.3, -0.25) is 9.69 Å². The standard InChI is InChI=1S/C21H21FN2O3S/c1-2-26-17-9-4-10-18-19(17)23-21(28-18)24(13-16-8-5-11-27-16)20(25)14-6-3-7-15(22)12-14/h3-4,6-7,9-10,12,16H,2,5,8,11,13H2,1H3. The third kappa shape index (κ3) is 3.86. The maximum atomic E-state index is 13.7. The van der Waals surface area contributed by atoms with Crippen LogP contribution in [0.1, 0.15) is 30.1 Å². The molecule has 7 heteroatoms. The molecule has 1 fully saturated rings. The molecule has 0 bridgehead atoms. The van der Waals surface area contributed by atoms with Crippen molar-refractivity contribution in [3.8, 4) is 5.75 Å². The Labute approximate surface area is 166 Å². The van der Waals surface area contributed by atoms with Gasteiger partial charge in [0, 0.05) is 12.2 Å². The summed E-state index contributed by atoms with van der Waals surface area (Å²) in [5.74, 6) is -0.0318. The summed E-state index contributed by atoms with van der Waals surface area (Å²) in [5.41, 5.74) is 1.02. The summed E-state index contributed by atoms with van der Waals surface area (Å²) in [4.78, 5) is 19.5. The zero-order valence-corrected chi connectivity index (χ0v) is 16.4. The first-order chi connectivity index (χ1) is 13.7. The molecule has 0 aliphatic carbocycles. The second-order valence-electron chi connectivity index (χ2n) is 6.59. The topological polar surface area (TPSA) is 51.7 Å². The Bertz CT molecular complexity index is 985. The van der Waals surface area contributed by atoms with E-state index in [0.717, 1.165) is 23.1 Å². The van der Waals surface area contributed by atoms with E-state index in [-0.39, 0.29) is 12.0 Å². The van der Waals surface area contributed by atoms with Crippen LogP contribution >= 0.6 is 11.3 Å². The summed E-state index contributed by atoms with van der Waals surface area (Å²) in [7, 11) is 0. The highest BCUT2D eigenvalue weighted by molar-refractivity contribution is 7.22. The predicted molar refractivity (Wildman–Crippen MR) is 108 cm³/mol. The SMILES string of the molecule is CCOc1cccc2sc(N(CC3CCCO3)C(=O)c3cccc(F)c3)nc12. The maximum Gasteiger partial charge on any atom is 0.260 e. The zero-order chi connectivity index (χ0) is 19.5. The van der Waals surface area contributed by atoms with Gasteiger partial charge in [-0.05, 0) is 50.1 Å². The number of benzene rings is 2. The van der Waals surface area contributed by atoms with Crippen molar-refractivity contribution in [2.45, 2.75) is 25.9 Å². The first-order valence-electron chi connectivity index (χ1n) is 9.37. The van der Waals surface area contributed by atoms with Gasteiger partial charge < -0.3 is 9.47 Å². The fourth-order valence-corrected chi connectivity index (χ4v) is 4.31. The van der Waals surface area contributed by atoms with Gasteiger partial charge in [0.15, 0.2) is 5.13 Å². The molecule has 0 saturated carbocycles. The van der Waals surface area contributed by atoms with Crippen LogP contribution < -0.4 is 9.64 Å². The van der Waals surface area contributed by atoms with E-state index in [9.17, 15) is 9.18 Å². The molecule has 146 valence electrons. The fourth-order valence-electron chi connectivity index (χ4n) is 3.32. The lowest BCUT2D eigenvalue weighted by molar-refractivity contribution is 0.0917. The number of nitrogens with zero attached hydrogens (tertiary/aromatic N) is 2. The summed E-state index contributed by atoms with van der Waals surface area (Å²) in [6.45, 7) is 3.54.